The smallest absolute Gasteiger partial charge is 0.248 e. The number of benzene rings is 3. The van der Waals surface area contributed by atoms with Gasteiger partial charge < -0.3 is 38.2 Å². The van der Waals surface area contributed by atoms with Gasteiger partial charge in [-0.15, -0.1) is 0 Å². The Labute approximate surface area is 277 Å². The number of hydrogen-bond acceptors (Lipinski definition) is 5. The molecule has 2 amide bonds. The number of anilines is 2. The summed E-state index contributed by atoms with van der Waals surface area (Å²) in [5.74, 6) is -1.61. The fraction of sp³-hybridized carbons (Fsp3) is 0.324. The van der Waals surface area contributed by atoms with Crippen molar-refractivity contribution in [3.05, 3.63) is 119 Å². The molecule has 3 aromatic carbocycles. The van der Waals surface area contributed by atoms with Gasteiger partial charge in [-0.3, -0.25) is 14.4 Å². The Morgan fingerprint density at radius 2 is 1.46 bits per heavy atom. The molecule has 1 aliphatic rings. The molecular weight excluding hydrogens is 602 g/mol. The largest absolute Gasteiger partial charge is 1.00 e. The predicted octanol–water partition coefficient (Wildman–Crippen LogP) is 1.60. The number of carbonyl (C=O) groups is 3. The quantitative estimate of drug-likeness (QED) is 0.160. The molecule has 1 fully saturated rings. The maximum Gasteiger partial charge on any atom is 0.248 e. The van der Waals surface area contributed by atoms with Gasteiger partial charge in [0.1, 0.15) is 11.5 Å². The number of aliphatic hydroxyl groups excluding tert-OH is 1. The van der Waals surface area contributed by atoms with E-state index < -0.39 is 17.6 Å². The lowest BCUT2D eigenvalue weighted by Crippen LogP contribution is -3.14. The molecule has 0 spiro atoms. The topological polar surface area (TPSA) is 120 Å². The van der Waals surface area contributed by atoms with Crippen LogP contribution in [0.5, 0.6) is 0 Å². The van der Waals surface area contributed by atoms with Crippen LogP contribution in [0.3, 0.4) is 0 Å². The first kappa shape index (κ1) is 36.4. The van der Waals surface area contributed by atoms with Crippen LogP contribution in [0.1, 0.15) is 68.1 Å². The van der Waals surface area contributed by atoms with Crippen molar-refractivity contribution in [2.24, 2.45) is 5.92 Å². The van der Waals surface area contributed by atoms with Gasteiger partial charge in [0.15, 0.2) is 5.78 Å². The molecular formula is C37H44ClN3O5. The van der Waals surface area contributed by atoms with E-state index in [4.69, 9.17) is 0 Å². The normalized spacial score (nSPS) is 19.5. The Kier molecular flexibility index (Phi) is 13.0. The van der Waals surface area contributed by atoms with Gasteiger partial charge in [0.05, 0.1) is 25.7 Å². The maximum atomic E-state index is 14.3. The molecule has 0 aliphatic carbocycles. The molecule has 0 radical (unpaired) electrons. The highest BCUT2D eigenvalue weighted by Crippen LogP contribution is 2.37. The number of Topliss-reactive ketones (excluding diaryl/α,β-unsaturated/α-hetero) is 1. The second-order valence-corrected chi connectivity index (χ2v) is 12.3. The summed E-state index contributed by atoms with van der Waals surface area (Å²) in [7, 11) is 0. The average Bonchev–Trinajstić information content (AvgIpc) is 3.00. The first-order valence-corrected chi connectivity index (χ1v) is 15.4. The molecule has 46 heavy (non-hydrogen) atoms. The van der Waals surface area contributed by atoms with Crippen LogP contribution in [0.2, 0.25) is 0 Å². The number of nitrogens with one attached hydrogen (secondary N) is 3. The minimum absolute atomic E-state index is 0. The molecule has 1 saturated heterocycles. The lowest BCUT2D eigenvalue weighted by atomic mass is 9.72. The van der Waals surface area contributed by atoms with E-state index >= 15 is 0 Å². The van der Waals surface area contributed by atoms with Gasteiger partial charge in [-0.05, 0) is 63.1 Å². The number of ketones is 1. The fourth-order valence-corrected chi connectivity index (χ4v) is 5.86. The van der Waals surface area contributed by atoms with Crippen molar-refractivity contribution in [1.29, 1.82) is 0 Å². The van der Waals surface area contributed by atoms with Crippen LogP contribution >= 0.6 is 0 Å². The molecule has 8 nitrogen and oxygen atoms in total. The summed E-state index contributed by atoms with van der Waals surface area (Å²) in [5.41, 5.74) is 3.00. The Morgan fingerprint density at radius 1 is 0.870 bits per heavy atom. The second-order valence-electron chi connectivity index (χ2n) is 12.3. The Hall–Kier alpha value is -4.08. The number of allylic oxidation sites excluding steroid dienone is 2. The maximum absolute atomic E-state index is 14.3. The van der Waals surface area contributed by atoms with Crippen molar-refractivity contribution in [2.45, 2.75) is 52.2 Å². The number of likely N-dealkylation sites (tertiary alicyclic amines) is 1. The van der Waals surface area contributed by atoms with Crippen molar-refractivity contribution < 1.29 is 41.9 Å². The number of rotatable bonds is 11. The summed E-state index contributed by atoms with van der Waals surface area (Å²) < 4.78 is 0. The van der Waals surface area contributed by atoms with E-state index in [0.717, 1.165) is 21.6 Å². The average molecular weight is 646 g/mol. The van der Waals surface area contributed by atoms with Crippen LogP contribution < -0.4 is 27.9 Å². The highest BCUT2D eigenvalue weighted by molar-refractivity contribution is 6.03. The molecule has 0 bridgehead atoms. The van der Waals surface area contributed by atoms with Crippen molar-refractivity contribution in [3.63, 3.8) is 0 Å². The van der Waals surface area contributed by atoms with E-state index in [-0.39, 0.29) is 30.0 Å². The molecule has 1 aliphatic heterocycles. The zero-order chi connectivity index (χ0) is 32.6. The molecule has 0 saturated carbocycles. The van der Waals surface area contributed by atoms with E-state index in [1.165, 1.54) is 12.2 Å². The number of halogens is 1. The summed E-state index contributed by atoms with van der Waals surface area (Å²) in [6.45, 7) is 8.90. The molecule has 4 unspecified atom stereocenters. The lowest BCUT2D eigenvalue weighted by Gasteiger charge is -2.42. The summed E-state index contributed by atoms with van der Waals surface area (Å²) >= 11 is 0. The first-order chi connectivity index (χ1) is 21.4. The third kappa shape index (κ3) is 9.71. The van der Waals surface area contributed by atoms with E-state index in [0.29, 0.717) is 55.0 Å². The molecule has 3 aromatic rings. The van der Waals surface area contributed by atoms with Crippen molar-refractivity contribution in [1.82, 2.24) is 0 Å². The number of hydrogen-bond donors (Lipinski definition) is 5. The standard InChI is InChI=1S/C37H43N3O5.ClH/c1-25(2)20-34(42)38-30-14-8-12-28(22-30)36(44)32-24-40(18-16-33(41)27-10-6-5-7-11-27)19-17-37(32,45)29-13-9-15-31(23-29)39-35(43)21-26(3)4;/h5-15,20-23,32-33,41,45H,16-19,24H2,1-4H3,(H,38,42)(H,39,43);1H. The molecule has 0 aromatic heterocycles. The van der Waals surface area contributed by atoms with Crippen LogP contribution in [-0.2, 0) is 15.2 Å². The summed E-state index contributed by atoms with van der Waals surface area (Å²) in [6, 6.07) is 23.3. The third-order valence-corrected chi connectivity index (χ3v) is 8.09. The SMILES string of the molecule is CC(C)=CC(=O)Nc1cccc(C(=O)C2C[NH+](CCC(O)c3ccccc3)CCC2(O)c2cccc(NC(=O)C=C(C)C)c2)c1.[Cl-]. The Bertz CT molecular complexity index is 1580. The second kappa shape index (κ2) is 16.5. The van der Waals surface area contributed by atoms with Gasteiger partial charge in [-0.1, -0.05) is 65.7 Å². The van der Waals surface area contributed by atoms with Gasteiger partial charge in [-0.2, -0.15) is 0 Å². The number of amides is 2. The highest BCUT2D eigenvalue weighted by Gasteiger charge is 2.49. The highest BCUT2D eigenvalue weighted by atomic mass is 35.5. The van der Waals surface area contributed by atoms with Gasteiger partial charge in [0.2, 0.25) is 11.8 Å². The lowest BCUT2D eigenvalue weighted by molar-refractivity contribution is -0.911. The fourth-order valence-electron chi connectivity index (χ4n) is 5.86. The molecule has 4 rings (SSSR count). The van der Waals surface area contributed by atoms with Gasteiger partial charge >= 0.3 is 0 Å². The summed E-state index contributed by atoms with van der Waals surface area (Å²) in [6.07, 6.45) is 3.18. The van der Waals surface area contributed by atoms with Crippen molar-refractivity contribution in [2.75, 3.05) is 30.3 Å². The van der Waals surface area contributed by atoms with E-state index in [9.17, 15) is 24.6 Å². The molecule has 4 atom stereocenters. The van der Waals surface area contributed by atoms with Crippen LogP contribution in [0.25, 0.3) is 0 Å². The number of carbonyl (C=O) groups excluding carboxylic acids is 3. The number of aliphatic hydroxyl groups is 2. The first-order valence-electron chi connectivity index (χ1n) is 15.4. The predicted molar refractivity (Wildman–Crippen MR) is 177 cm³/mol. The van der Waals surface area contributed by atoms with E-state index in [1.54, 1.807) is 48.5 Å². The Balaban J connectivity index is 0.00000576. The monoisotopic (exact) mass is 645 g/mol. The number of piperidine rings is 1. The minimum atomic E-state index is -1.50. The van der Waals surface area contributed by atoms with Crippen molar-refractivity contribution in [3.8, 4) is 0 Å². The van der Waals surface area contributed by atoms with Crippen LogP contribution in [0.15, 0.2) is 102 Å². The summed E-state index contributed by atoms with van der Waals surface area (Å²) in [4.78, 5) is 40.2. The molecule has 1 heterocycles. The third-order valence-electron chi connectivity index (χ3n) is 8.09. The minimum Gasteiger partial charge on any atom is -1.00 e. The van der Waals surface area contributed by atoms with E-state index in [2.05, 4.69) is 10.6 Å². The van der Waals surface area contributed by atoms with Crippen molar-refractivity contribution >= 4 is 29.0 Å². The zero-order valence-electron chi connectivity index (χ0n) is 26.8. The van der Waals surface area contributed by atoms with E-state index in [1.807, 2.05) is 58.0 Å². The summed E-state index contributed by atoms with van der Waals surface area (Å²) in [5, 5.41) is 28.8. The van der Waals surface area contributed by atoms with Crippen LogP contribution in [0.4, 0.5) is 11.4 Å². The van der Waals surface area contributed by atoms with Crippen LogP contribution in [0, 0.1) is 5.92 Å². The molecule has 5 N–H and O–H groups in total. The van der Waals surface area contributed by atoms with Gasteiger partial charge in [-0.25, -0.2) is 0 Å². The molecule has 244 valence electrons. The van der Waals surface area contributed by atoms with Gasteiger partial charge in [0.25, 0.3) is 0 Å². The Morgan fingerprint density at radius 3 is 2.07 bits per heavy atom. The van der Waals surface area contributed by atoms with Crippen LogP contribution in [-0.4, -0.2) is 47.4 Å². The zero-order valence-corrected chi connectivity index (χ0v) is 27.6. The molecule has 9 heteroatoms. The number of quaternary nitrogens is 1. The van der Waals surface area contributed by atoms with Gasteiger partial charge in [0, 0.05) is 41.9 Å².